The van der Waals surface area contributed by atoms with Gasteiger partial charge in [0.05, 0.1) is 12.3 Å². The quantitative estimate of drug-likeness (QED) is 0.763. The lowest BCUT2D eigenvalue weighted by atomic mass is 10.2. The fourth-order valence-corrected chi connectivity index (χ4v) is 2.16. The number of hydrogen-bond acceptors (Lipinski definition) is 5. The summed E-state index contributed by atoms with van der Waals surface area (Å²) >= 11 is 1.14. The molecule has 0 radical (unpaired) electrons. The number of amides is 1. The van der Waals surface area contributed by atoms with Crippen LogP contribution in [0.5, 0.6) is 0 Å². The highest BCUT2D eigenvalue weighted by Gasteiger charge is 2.23. The van der Waals surface area contributed by atoms with Crippen molar-refractivity contribution in [1.82, 2.24) is 14.7 Å². The van der Waals surface area contributed by atoms with Crippen LogP contribution in [0.3, 0.4) is 0 Å². The monoisotopic (exact) mass is 227 g/mol. The van der Waals surface area contributed by atoms with Gasteiger partial charge in [0, 0.05) is 6.54 Å². The van der Waals surface area contributed by atoms with Crippen LogP contribution >= 0.6 is 11.5 Å². The normalized spacial score (nSPS) is 16.7. The molecule has 0 atom stereocenters. The zero-order valence-electron chi connectivity index (χ0n) is 8.60. The summed E-state index contributed by atoms with van der Waals surface area (Å²) in [6.45, 7) is 3.25. The van der Waals surface area contributed by atoms with Crippen molar-refractivity contribution in [1.29, 1.82) is 0 Å². The second kappa shape index (κ2) is 4.67. The van der Waals surface area contributed by atoms with Crippen LogP contribution in [-0.2, 0) is 11.3 Å². The lowest BCUT2D eigenvalue weighted by molar-refractivity contribution is -0.144. The summed E-state index contributed by atoms with van der Waals surface area (Å²) in [6.07, 6.45) is 2.75. The molecule has 1 amide bonds. The summed E-state index contributed by atoms with van der Waals surface area (Å²) in [6, 6.07) is 0. The van der Waals surface area contributed by atoms with E-state index in [0.29, 0.717) is 18.0 Å². The largest absolute Gasteiger partial charge is 0.291 e. The summed E-state index contributed by atoms with van der Waals surface area (Å²) in [7, 11) is 0. The van der Waals surface area contributed by atoms with Crippen molar-refractivity contribution in [3.63, 3.8) is 0 Å². The SMILES string of the molecule is CCc1nnsc1C(=O)N1CCCCO1. The predicted molar refractivity (Wildman–Crippen MR) is 55.5 cm³/mol. The van der Waals surface area contributed by atoms with Crippen LogP contribution in [0.1, 0.15) is 35.1 Å². The minimum atomic E-state index is -0.0958. The molecule has 1 aliphatic rings. The molecule has 0 N–H and O–H groups in total. The van der Waals surface area contributed by atoms with Crippen molar-refractivity contribution in [2.24, 2.45) is 0 Å². The number of aryl methyl sites for hydroxylation is 1. The first-order valence-corrected chi connectivity index (χ1v) is 5.86. The van der Waals surface area contributed by atoms with Crippen LogP contribution in [0.2, 0.25) is 0 Å². The molecule has 0 saturated carbocycles. The molecule has 0 bridgehead atoms. The third-order valence-electron chi connectivity index (χ3n) is 2.31. The zero-order chi connectivity index (χ0) is 10.7. The smallest absolute Gasteiger partial charge is 0.271 e. The first-order chi connectivity index (χ1) is 7.33. The summed E-state index contributed by atoms with van der Waals surface area (Å²) in [5.74, 6) is -0.0958. The van der Waals surface area contributed by atoms with Crippen molar-refractivity contribution < 1.29 is 9.63 Å². The van der Waals surface area contributed by atoms with Gasteiger partial charge in [-0.1, -0.05) is 11.4 Å². The molecule has 15 heavy (non-hydrogen) atoms. The van der Waals surface area contributed by atoms with Crippen molar-refractivity contribution in [3.8, 4) is 0 Å². The lowest BCUT2D eigenvalue weighted by Gasteiger charge is -2.25. The van der Waals surface area contributed by atoms with Gasteiger partial charge in [-0.25, -0.2) is 5.06 Å². The highest BCUT2D eigenvalue weighted by atomic mass is 32.1. The average molecular weight is 227 g/mol. The summed E-state index contributed by atoms with van der Waals surface area (Å²) < 4.78 is 3.80. The molecule has 1 fully saturated rings. The minimum absolute atomic E-state index is 0.0958. The minimum Gasteiger partial charge on any atom is -0.271 e. The molecule has 6 heteroatoms. The fraction of sp³-hybridized carbons (Fsp3) is 0.667. The molecule has 2 heterocycles. The molecule has 0 unspecified atom stereocenters. The maximum absolute atomic E-state index is 12.0. The number of carbonyl (C=O) groups excluding carboxylic acids is 1. The first kappa shape index (κ1) is 10.5. The van der Waals surface area contributed by atoms with Gasteiger partial charge in [-0.3, -0.25) is 9.63 Å². The molecule has 1 aliphatic heterocycles. The molecule has 82 valence electrons. The van der Waals surface area contributed by atoms with E-state index >= 15 is 0 Å². The third-order valence-corrected chi connectivity index (χ3v) is 3.07. The van der Waals surface area contributed by atoms with E-state index in [9.17, 15) is 4.79 Å². The molecular formula is C9H13N3O2S. The van der Waals surface area contributed by atoms with Crippen molar-refractivity contribution in [3.05, 3.63) is 10.6 Å². The maximum atomic E-state index is 12.0. The van der Waals surface area contributed by atoms with Crippen LogP contribution < -0.4 is 0 Å². The number of carbonyl (C=O) groups is 1. The number of hydrogen-bond donors (Lipinski definition) is 0. The molecule has 1 aromatic heterocycles. The highest BCUT2D eigenvalue weighted by molar-refractivity contribution is 7.07. The number of rotatable bonds is 2. The standard InChI is InChI=1S/C9H13N3O2S/c1-2-7-8(15-11-10-7)9(13)12-5-3-4-6-14-12/h2-6H2,1H3. The molecule has 0 aliphatic carbocycles. The predicted octanol–water partition coefficient (Wildman–Crippen LogP) is 1.27. The fourth-order valence-electron chi connectivity index (χ4n) is 1.47. The molecule has 0 aromatic carbocycles. The van der Waals surface area contributed by atoms with Gasteiger partial charge in [0.2, 0.25) is 0 Å². The van der Waals surface area contributed by atoms with Gasteiger partial charge >= 0.3 is 0 Å². The van der Waals surface area contributed by atoms with Gasteiger partial charge in [0.15, 0.2) is 0 Å². The Labute approximate surface area is 92.2 Å². The average Bonchev–Trinajstić information content (AvgIpc) is 2.77. The van der Waals surface area contributed by atoms with Crippen molar-refractivity contribution >= 4 is 17.4 Å². The van der Waals surface area contributed by atoms with E-state index in [2.05, 4.69) is 9.59 Å². The van der Waals surface area contributed by atoms with Crippen molar-refractivity contribution in [2.45, 2.75) is 26.2 Å². The number of nitrogens with zero attached hydrogens (tertiary/aromatic N) is 3. The summed E-state index contributed by atoms with van der Waals surface area (Å²) in [5, 5.41) is 5.34. The Morgan fingerprint density at radius 1 is 1.60 bits per heavy atom. The van der Waals surface area contributed by atoms with Gasteiger partial charge in [0.1, 0.15) is 4.88 Å². The van der Waals surface area contributed by atoms with E-state index in [0.717, 1.165) is 36.5 Å². The Bertz CT molecular complexity index is 347. The van der Waals surface area contributed by atoms with Gasteiger partial charge in [-0.15, -0.1) is 5.10 Å². The van der Waals surface area contributed by atoms with Crippen LogP contribution in [0.15, 0.2) is 0 Å². The van der Waals surface area contributed by atoms with E-state index in [1.165, 1.54) is 5.06 Å². The first-order valence-electron chi connectivity index (χ1n) is 5.09. The summed E-state index contributed by atoms with van der Waals surface area (Å²) in [5.41, 5.74) is 0.763. The Balaban J connectivity index is 2.12. The highest BCUT2D eigenvalue weighted by Crippen LogP contribution is 2.17. The van der Waals surface area contributed by atoms with Gasteiger partial charge in [0.25, 0.3) is 5.91 Å². The number of aromatic nitrogens is 2. The van der Waals surface area contributed by atoms with Gasteiger partial charge in [-0.05, 0) is 30.8 Å². The van der Waals surface area contributed by atoms with E-state index in [1.54, 1.807) is 0 Å². The lowest BCUT2D eigenvalue weighted by Crippen LogP contribution is -2.35. The molecule has 2 rings (SSSR count). The Hall–Kier alpha value is -1.01. The van der Waals surface area contributed by atoms with E-state index < -0.39 is 0 Å². The summed E-state index contributed by atoms with van der Waals surface area (Å²) in [4.78, 5) is 17.9. The van der Waals surface area contributed by atoms with E-state index in [1.807, 2.05) is 6.92 Å². The molecule has 0 spiro atoms. The molecule has 1 aromatic rings. The van der Waals surface area contributed by atoms with Crippen LogP contribution in [-0.4, -0.2) is 33.7 Å². The second-order valence-corrected chi connectivity index (χ2v) is 4.10. The van der Waals surface area contributed by atoms with Gasteiger partial charge < -0.3 is 0 Å². The maximum Gasteiger partial charge on any atom is 0.291 e. The van der Waals surface area contributed by atoms with Crippen molar-refractivity contribution in [2.75, 3.05) is 13.2 Å². The van der Waals surface area contributed by atoms with Crippen LogP contribution in [0.4, 0.5) is 0 Å². The number of hydroxylamine groups is 2. The Kier molecular flexibility index (Phi) is 3.27. The van der Waals surface area contributed by atoms with Crippen LogP contribution in [0.25, 0.3) is 0 Å². The van der Waals surface area contributed by atoms with E-state index in [4.69, 9.17) is 4.84 Å². The molecule has 5 nitrogen and oxygen atoms in total. The molecular weight excluding hydrogens is 214 g/mol. The Morgan fingerprint density at radius 2 is 2.47 bits per heavy atom. The molecule has 1 saturated heterocycles. The van der Waals surface area contributed by atoms with Crippen LogP contribution in [0, 0.1) is 0 Å². The topological polar surface area (TPSA) is 55.3 Å². The Morgan fingerprint density at radius 3 is 3.13 bits per heavy atom. The third kappa shape index (κ3) is 2.15. The van der Waals surface area contributed by atoms with Gasteiger partial charge in [-0.2, -0.15) is 0 Å². The van der Waals surface area contributed by atoms with E-state index in [-0.39, 0.29) is 5.91 Å². The zero-order valence-corrected chi connectivity index (χ0v) is 9.42. The second-order valence-electron chi connectivity index (χ2n) is 3.35.